The molecule has 2 amide bonds. The van der Waals surface area contributed by atoms with Gasteiger partial charge < -0.3 is 20.1 Å². The van der Waals surface area contributed by atoms with Crippen molar-refractivity contribution in [2.45, 2.75) is 38.1 Å². The van der Waals surface area contributed by atoms with E-state index in [9.17, 15) is 9.59 Å². The Morgan fingerprint density at radius 3 is 2.57 bits per heavy atom. The molecular formula is C22H26N2O4. The highest BCUT2D eigenvalue weighted by Gasteiger charge is 2.35. The fourth-order valence-electron chi connectivity index (χ4n) is 3.90. The molecule has 28 heavy (non-hydrogen) atoms. The second kappa shape index (κ2) is 8.33. The van der Waals surface area contributed by atoms with E-state index in [0.29, 0.717) is 19.3 Å². The molecule has 2 N–H and O–H groups in total. The van der Waals surface area contributed by atoms with Gasteiger partial charge in [0.25, 0.3) is 0 Å². The molecule has 6 nitrogen and oxygen atoms in total. The summed E-state index contributed by atoms with van der Waals surface area (Å²) in [4.78, 5) is 26.8. The van der Waals surface area contributed by atoms with Crippen molar-refractivity contribution in [1.82, 2.24) is 0 Å². The Morgan fingerprint density at radius 1 is 1.14 bits per heavy atom. The van der Waals surface area contributed by atoms with E-state index in [1.54, 1.807) is 19.1 Å². The average Bonchev–Trinajstić information content (AvgIpc) is 2.70. The van der Waals surface area contributed by atoms with Crippen molar-refractivity contribution in [2.75, 3.05) is 19.1 Å². The van der Waals surface area contributed by atoms with E-state index >= 15 is 0 Å². The summed E-state index contributed by atoms with van der Waals surface area (Å²) in [6.07, 6.45) is 1.38. The lowest BCUT2D eigenvalue weighted by Crippen LogP contribution is -2.45. The summed E-state index contributed by atoms with van der Waals surface area (Å²) >= 11 is 0. The number of fused-ring (bicyclic) bond motifs is 1. The summed E-state index contributed by atoms with van der Waals surface area (Å²) < 4.78 is 10.7. The molecule has 0 aromatic heterocycles. The Hall–Kier alpha value is -3.02. The number of anilines is 1. The molecule has 2 unspecified atom stereocenters. The molecule has 0 aliphatic carbocycles. The Bertz CT molecular complexity index is 881. The lowest BCUT2D eigenvalue weighted by molar-refractivity contribution is -0.121. The Kier molecular flexibility index (Phi) is 5.87. The van der Waals surface area contributed by atoms with Crippen LogP contribution in [0.1, 0.15) is 36.8 Å². The fraction of sp³-hybridized carbons (Fsp3) is 0.364. The van der Waals surface area contributed by atoms with Crippen LogP contribution in [0.2, 0.25) is 0 Å². The van der Waals surface area contributed by atoms with Crippen LogP contribution in [0.4, 0.5) is 5.69 Å². The zero-order valence-electron chi connectivity index (χ0n) is 16.5. The molecular weight excluding hydrogens is 356 g/mol. The van der Waals surface area contributed by atoms with E-state index in [4.69, 9.17) is 15.2 Å². The summed E-state index contributed by atoms with van der Waals surface area (Å²) in [5, 5.41) is 0. The second-order valence-electron chi connectivity index (χ2n) is 7.04. The normalized spacial score (nSPS) is 18.3. The van der Waals surface area contributed by atoms with Gasteiger partial charge in [0.2, 0.25) is 11.8 Å². The van der Waals surface area contributed by atoms with Gasteiger partial charge in [-0.05, 0) is 55.2 Å². The summed E-state index contributed by atoms with van der Waals surface area (Å²) in [5.74, 6) is 0.743. The smallest absolute Gasteiger partial charge is 0.227 e. The third-order valence-electron chi connectivity index (χ3n) is 5.30. The molecule has 0 saturated heterocycles. The van der Waals surface area contributed by atoms with E-state index in [0.717, 1.165) is 28.3 Å². The zero-order chi connectivity index (χ0) is 20.3. The number of carbonyl (C=O) groups excluding carboxylic acids is 2. The van der Waals surface area contributed by atoms with Gasteiger partial charge in [-0.15, -0.1) is 0 Å². The second-order valence-corrected chi connectivity index (χ2v) is 7.04. The number of nitrogens with two attached hydrogens (primary N) is 1. The number of hydrogen-bond donors (Lipinski definition) is 1. The summed E-state index contributed by atoms with van der Waals surface area (Å²) in [6, 6.07) is 13.0. The highest BCUT2D eigenvalue weighted by Crippen LogP contribution is 2.38. The maximum atomic E-state index is 13.1. The first-order valence-electron chi connectivity index (χ1n) is 9.37. The Balaban J connectivity index is 1.83. The molecule has 1 aliphatic heterocycles. The minimum atomic E-state index is -0.367. The molecule has 6 heteroatoms. The van der Waals surface area contributed by atoms with E-state index in [-0.39, 0.29) is 23.8 Å². The van der Waals surface area contributed by atoms with Gasteiger partial charge in [-0.25, -0.2) is 0 Å². The molecule has 2 aromatic carbocycles. The molecule has 148 valence electrons. The van der Waals surface area contributed by atoms with Crippen LogP contribution in [0.5, 0.6) is 11.5 Å². The predicted molar refractivity (Wildman–Crippen MR) is 108 cm³/mol. The highest BCUT2D eigenvalue weighted by molar-refractivity contribution is 5.97. The van der Waals surface area contributed by atoms with E-state index in [2.05, 4.69) is 0 Å². The molecule has 1 aliphatic rings. The third-order valence-corrected chi connectivity index (χ3v) is 5.30. The van der Waals surface area contributed by atoms with Crippen LogP contribution in [0.3, 0.4) is 0 Å². The summed E-state index contributed by atoms with van der Waals surface area (Å²) in [6.45, 7) is 1.95. The molecule has 0 spiro atoms. The Morgan fingerprint density at radius 2 is 1.89 bits per heavy atom. The first-order valence-corrected chi connectivity index (χ1v) is 9.37. The van der Waals surface area contributed by atoms with Gasteiger partial charge in [-0.3, -0.25) is 9.59 Å². The van der Waals surface area contributed by atoms with Crippen molar-refractivity contribution in [1.29, 1.82) is 0 Å². The highest BCUT2D eigenvalue weighted by atomic mass is 16.5. The Labute approximate surface area is 165 Å². The predicted octanol–water partition coefficient (Wildman–Crippen LogP) is 3.03. The van der Waals surface area contributed by atoms with E-state index < -0.39 is 0 Å². The molecule has 0 radical (unpaired) electrons. The molecule has 1 heterocycles. The van der Waals surface area contributed by atoms with Crippen LogP contribution < -0.4 is 20.1 Å². The van der Waals surface area contributed by atoms with Crippen LogP contribution in [0.15, 0.2) is 42.5 Å². The van der Waals surface area contributed by atoms with Crippen LogP contribution in [-0.4, -0.2) is 32.1 Å². The number of amides is 2. The number of carbonyl (C=O) groups is 2. The molecule has 0 saturated carbocycles. The lowest BCUT2D eigenvalue weighted by atomic mass is 9.85. The van der Waals surface area contributed by atoms with E-state index in [1.165, 1.54) is 0 Å². The molecule has 0 fully saturated rings. The number of hydrogen-bond acceptors (Lipinski definition) is 4. The number of primary amides is 1. The molecule has 2 aromatic rings. The first kappa shape index (κ1) is 19.7. The van der Waals surface area contributed by atoms with Crippen molar-refractivity contribution in [3.8, 4) is 11.5 Å². The van der Waals surface area contributed by atoms with Gasteiger partial charge in [-0.1, -0.05) is 18.2 Å². The molecule has 0 bridgehead atoms. The van der Waals surface area contributed by atoms with Gasteiger partial charge in [0.1, 0.15) is 11.5 Å². The summed E-state index contributed by atoms with van der Waals surface area (Å²) in [7, 11) is 3.22. The number of aryl methyl sites for hydroxylation is 1. The number of methoxy groups -OCH3 is 2. The molecule has 3 rings (SSSR count). The SMILES string of the molecule is COc1ccc(OC)c(CCC(=O)N2c3ccccc3C(C(N)=O)CC2C)c1. The topological polar surface area (TPSA) is 81.9 Å². The van der Waals surface area contributed by atoms with Crippen molar-refractivity contribution in [2.24, 2.45) is 5.73 Å². The minimum absolute atomic E-state index is 0.00717. The van der Waals surface area contributed by atoms with E-state index in [1.807, 2.05) is 49.4 Å². The number of rotatable bonds is 6. The van der Waals surface area contributed by atoms with Crippen LogP contribution in [-0.2, 0) is 16.0 Å². The van der Waals surface area contributed by atoms with Crippen molar-refractivity contribution in [3.63, 3.8) is 0 Å². The van der Waals surface area contributed by atoms with Crippen LogP contribution in [0.25, 0.3) is 0 Å². The van der Waals surface area contributed by atoms with Crippen LogP contribution >= 0.6 is 0 Å². The van der Waals surface area contributed by atoms with Gasteiger partial charge in [0.05, 0.1) is 20.1 Å². The van der Waals surface area contributed by atoms with Gasteiger partial charge in [0.15, 0.2) is 0 Å². The van der Waals surface area contributed by atoms with Crippen LogP contribution in [0, 0.1) is 0 Å². The summed E-state index contributed by atoms with van der Waals surface area (Å²) in [5.41, 5.74) is 8.10. The quantitative estimate of drug-likeness (QED) is 0.833. The molecule has 2 atom stereocenters. The van der Waals surface area contributed by atoms with Crippen molar-refractivity contribution >= 4 is 17.5 Å². The third kappa shape index (κ3) is 3.81. The van der Waals surface area contributed by atoms with Crippen molar-refractivity contribution in [3.05, 3.63) is 53.6 Å². The maximum Gasteiger partial charge on any atom is 0.227 e. The van der Waals surface area contributed by atoms with Gasteiger partial charge in [0, 0.05) is 18.2 Å². The zero-order valence-corrected chi connectivity index (χ0v) is 16.5. The first-order chi connectivity index (χ1) is 13.5. The van der Waals surface area contributed by atoms with Crippen molar-refractivity contribution < 1.29 is 19.1 Å². The maximum absolute atomic E-state index is 13.1. The number of para-hydroxylation sites is 1. The minimum Gasteiger partial charge on any atom is -0.497 e. The lowest BCUT2D eigenvalue weighted by Gasteiger charge is -2.38. The largest absolute Gasteiger partial charge is 0.497 e. The number of nitrogens with zero attached hydrogens (tertiary/aromatic N) is 1. The average molecular weight is 382 g/mol. The van der Waals surface area contributed by atoms with Gasteiger partial charge >= 0.3 is 0 Å². The number of ether oxygens (including phenoxy) is 2. The van der Waals surface area contributed by atoms with Gasteiger partial charge in [-0.2, -0.15) is 0 Å². The fourth-order valence-corrected chi connectivity index (χ4v) is 3.90. The monoisotopic (exact) mass is 382 g/mol. The standard InChI is InChI=1S/C22H26N2O4/c1-14-12-18(22(23)26)17-6-4-5-7-19(17)24(14)21(25)11-8-15-13-16(27-2)9-10-20(15)28-3/h4-7,9-10,13-14,18H,8,11-12H2,1-3H3,(H2,23,26). The number of benzene rings is 2.